The highest BCUT2D eigenvalue weighted by molar-refractivity contribution is 8.01. The van der Waals surface area contributed by atoms with Gasteiger partial charge >= 0.3 is 7.12 Å². The standard InChI is InChI=1S/C23H31BFNO3S/c1-15(2)30-26-20-13-10-18(24-28-22(4,5)23(6,7)29-24)14-21(20)27-16(3)17-8-11-19(25)12-9-17/h8-16,26H,1-7H3. The highest BCUT2D eigenvalue weighted by atomic mass is 32.2. The van der Waals surface area contributed by atoms with E-state index in [1.54, 1.807) is 24.1 Å². The minimum atomic E-state index is -0.467. The highest BCUT2D eigenvalue weighted by Crippen LogP contribution is 2.37. The van der Waals surface area contributed by atoms with Crippen LogP contribution in [0.25, 0.3) is 0 Å². The van der Waals surface area contributed by atoms with Crippen molar-refractivity contribution < 1.29 is 18.4 Å². The van der Waals surface area contributed by atoms with Gasteiger partial charge in [0.25, 0.3) is 0 Å². The molecule has 1 atom stereocenters. The smallest absolute Gasteiger partial charge is 0.484 e. The monoisotopic (exact) mass is 431 g/mol. The molecule has 1 unspecified atom stereocenters. The van der Waals surface area contributed by atoms with E-state index in [1.165, 1.54) is 12.1 Å². The molecule has 7 heteroatoms. The first-order chi connectivity index (χ1) is 14.0. The summed E-state index contributed by atoms with van der Waals surface area (Å²) >= 11 is 1.62. The summed E-state index contributed by atoms with van der Waals surface area (Å²) in [6.07, 6.45) is -0.247. The van der Waals surface area contributed by atoms with Gasteiger partial charge in [0, 0.05) is 5.25 Å². The number of benzene rings is 2. The fourth-order valence-corrected chi connectivity index (χ4v) is 3.55. The minimum absolute atomic E-state index is 0.247. The van der Waals surface area contributed by atoms with Crippen molar-refractivity contribution in [2.24, 2.45) is 0 Å². The van der Waals surface area contributed by atoms with E-state index in [0.717, 1.165) is 16.7 Å². The van der Waals surface area contributed by atoms with Crippen LogP contribution in [0.4, 0.5) is 10.1 Å². The molecule has 0 aliphatic carbocycles. The van der Waals surface area contributed by atoms with Gasteiger partial charge in [-0.1, -0.05) is 32.0 Å². The van der Waals surface area contributed by atoms with Crippen LogP contribution in [-0.4, -0.2) is 23.6 Å². The Hall–Kier alpha value is -1.70. The Morgan fingerprint density at radius 2 is 1.57 bits per heavy atom. The van der Waals surface area contributed by atoms with Crippen LogP contribution >= 0.6 is 11.9 Å². The normalized spacial score (nSPS) is 18.5. The Morgan fingerprint density at radius 3 is 2.13 bits per heavy atom. The molecule has 2 aromatic rings. The molecule has 1 aliphatic heterocycles. The lowest BCUT2D eigenvalue weighted by atomic mass is 9.79. The molecule has 1 N–H and O–H groups in total. The number of anilines is 1. The molecule has 0 aromatic heterocycles. The van der Waals surface area contributed by atoms with Gasteiger partial charge in [-0.15, -0.1) is 0 Å². The van der Waals surface area contributed by atoms with Gasteiger partial charge in [0.2, 0.25) is 0 Å². The molecular formula is C23H31BFNO3S. The summed E-state index contributed by atoms with van der Waals surface area (Å²) in [5.41, 5.74) is 1.85. The van der Waals surface area contributed by atoms with E-state index in [-0.39, 0.29) is 11.9 Å². The van der Waals surface area contributed by atoms with Crippen LogP contribution in [0.3, 0.4) is 0 Å². The fraction of sp³-hybridized carbons (Fsp3) is 0.478. The van der Waals surface area contributed by atoms with Crippen LogP contribution in [-0.2, 0) is 9.31 Å². The van der Waals surface area contributed by atoms with Gasteiger partial charge in [-0.3, -0.25) is 0 Å². The molecule has 0 saturated carbocycles. The lowest BCUT2D eigenvalue weighted by Crippen LogP contribution is -2.41. The Labute approximate surface area is 184 Å². The van der Waals surface area contributed by atoms with Crippen molar-refractivity contribution in [3.63, 3.8) is 0 Å². The van der Waals surface area contributed by atoms with Gasteiger partial charge < -0.3 is 18.8 Å². The molecular weight excluding hydrogens is 400 g/mol. The molecule has 0 radical (unpaired) electrons. The lowest BCUT2D eigenvalue weighted by Gasteiger charge is -2.32. The first-order valence-electron chi connectivity index (χ1n) is 10.3. The van der Waals surface area contributed by atoms with Gasteiger partial charge in [-0.05, 0) is 81.9 Å². The maximum absolute atomic E-state index is 13.3. The maximum Gasteiger partial charge on any atom is 0.494 e. The Bertz CT molecular complexity index is 857. The van der Waals surface area contributed by atoms with E-state index in [1.807, 2.05) is 52.8 Å². The van der Waals surface area contributed by atoms with Gasteiger partial charge in [-0.25, -0.2) is 4.39 Å². The van der Waals surface area contributed by atoms with Crippen LogP contribution in [0.5, 0.6) is 5.75 Å². The van der Waals surface area contributed by atoms with Gasteiger partial charge in [0.15, 0.2) is 0 Å². The largest absolute Gasteiger partial charge is 0.494 e. The van der Waals surface area contributed by atoms with Crippen molar-refractivity contribution in [3.8, 4) is 5.75 Å². The second-order valence-corrected chi connectivity index (χ2v) is 10.3. The van der Waals surface area contributed by atoms with Crippen molar-refractivity contribution in [1.82, 2.24) is 0 Å². The fourth-order valence-electron chi connectivity index (χ4n) is 3.02. The van der Waals surface area contributed by atoms with Gasteiger partial charge in [0.05, 0.1) is 16.9 Å². The number of hydrogen-bond donors (Lipinski definition) is 1. The molecule has 1 aliphatic rings. The van der Waals surface area contributed by atoms with Crippen LogP contribution < -0.4 is 14.9 Å². The van der Waals surface area contributed by atoms with E-state index in [0.29, 0.717) is 11.0 Å². The number of rotatable bonds is 7. The number of ether oxygens (including phenoxy) is 1. The summed E-state index contributed by atoms with van der Waals surface area (Å²) in [5.74, 6) is 0.441. The van der Waals surface area contributed by atoms with Crippen LogP contribution in [0, 0.1) is 5.82 Å². The van der Waals surface area contributed by atoms with Crippen molar-refractivity contribution in [3.05, 3.63) is 53.8 Å². The third-order valence-corrected chi connectivity index (χ3v) is 6.39. The van der Waals surface area contributed by atoms with E-state index < -0.39 is 18.3 Å². The number of halogens is 1. The SMILES string of the molecule is CC(C)SNc1ccc(B2OC(C)(C)C(C)(C)O2)cc1OC(C)c1ccc(F)cc1. The first kappa shape index (κ1) is 23.0. The summed E-state index contributed by atoms with van der Waals surface area (Å²) in [5, 5.41) is 0.412. The van der Waals surface area contributed by atoms with Gasteiger partial charge in [0.1, 0.15) is 17.7 Å². The number of hydrogen-bond acceptors (Lipinski definition) is 5. The molecule has 162 valence electrons. The van der Waals surface area contributed by atoms with Crippen molar-refractivity contribution >= 4 is 30.2 Å². The zero-order chi connectivity index (χ0) is 22.1. The molecule has 1 fully saturated rings. The molecule has 0 amide bonds. The maximum atomic E-state index is 13.3. The highest BCUT2D eigenvalue weighted by Gasteiger charge is 2.51. The Kier molecular flexibility index (Phi) is 6.75. The number of nitrogens with one attached hydrogen (secondary N) is 1. The van der Waals surface area contributed by atoms with Crippen LogP contribution in [0.1, 0.15) is 60.1 Å². The Balaban J connectivity index is 1.88. The predicted octanol–water partition coefficient (Wildman–Crippen LogP) is 5.73. The second-order valence-electron chi connectivity index (χ2n) is 8.92. The summed E-state index contributed by atoms with van der Waals surface area (Å²) in [6, 6.07) is 12.3. The molecule has 1 heterocycles. The quantitative estimate of drug-likeness (QED) is 0.448. The van der Waals surface area contributed by atoms with Crippen molar-refractivity contribution in [1.29, 1.82) is 0 Å². The van der Waals surface area contributed by atoms with E-state index >= 15 is 0 Å². The summed E-state index contributed by atoms with van der Waals surface area (Å²) in [7, 11) is -0.467. The van der Waals surface area contributed by atoms with E-state index in [9.17, 15) is 4.39 Å². The molecule has 1 saturated heterocycles. The summed E-state index contributed by atoms with van der Waals surface area (Å²) in [4.78, 5) is 0. The molecule has 0 spiro atoms. The molecule has 0 bridgehead atoms. The van der Waals surface area contributed by atoms with Crippen molar-refractivity contribution in [2.45, 2.75) is 71.0 Å². The first-order valence-corrected chi connectivity index (χ1v) is 11.2. The molecule has 30 heavy (non-hydrogen) atoms. The lowest BCUT2D eigenvalue weighted by molar-refractivity contribution is 0.00578. The van der Waals surface area contributed by atoms with Crippen LogP contribution in [0.15, 0.2) is 42.5 Å². The minimum Gasteiger partial charge on any atom is -0.484 e. The Morgan fingerprint density at radius 1 is 0.967 bits per heavy atom. The van der Waals surface area contributed by atoms with Crippen LogP contribution in [0.2, 0.25) is 0 Å². The van der Waals surface area contributed by atoms with Gasteiger partial charge in [-0.2, -0.15) is 0 Å². The second kappa shape index (κ2) is 8.81. The topological polar surface area (TPSA) is 39.7 Å². The van der Waals surface area contributed by atoms with E-state index in [2.05, 4.69) is 18.6 Å². The molecule has 4 nitrogen and oxygen atoms in total. The third kappa shape index (κ3) is 5.13. The zero-order valence-electron chi connectivity index (χ0n) is 18.8. The predicted molar refractivity (Wildman–Crippen MR) is 124 cm³/mol. The van der Waals surface area contributed by atoms with E-state index in [4.69, 9.17) is 14.0 Å². The zero-order valence-corrected chi connectivity index (χ0v) is 19.6. The summed E-state index contributed by atoms with van der Waals surface area (Å²) < 4.78 is 35.4. The van der Waals surface area contributed by atoms with Crippen molar-refractivity contribution in [2.75, 3.05) is 4.72 Å². The summed E-state index contributed by atoms with van der Waals surface area (Å²) in [6.45, 7) is 14.4. The average molecular weight is 431 g/mol. The molecule has 2 aromatic carbocycles. The molecule has 3 rings (SSSR count). The average Bonchev–Trinajstić information content (AvgIpc) is 2.88. The third-order valence-electron chi connectivity index (χ3n) is 5.58.